The molecule has 4 nitrogen and oxygen atoms in total. The van der Waals surface area contributed by atoms with Gasteiger partial charge in [0.15, 0.2) is 5.84 Å². The third kappa shape index (κ3) is 3.85. The van der Waals surface area contributed by atoms with Crippen LogP contribution in [0.25, 0.3) is 0 Å². The first-order valence-corrected chi connectivity index (χ1v) is 5.91. The molecule has 72 valence electrons. The van der Waals surface area contributed by atoms with Crippen LogP contribution in [-0.4, -0.2) is 36.4 Å². The number of amidine groups is 1. The van der Waals surface area contributed by atoms with Crippen LogP contribution >= 0.6 is 11.6 Å². The fourth-order valence-corrected chi connectivity index (χ4v) is 2.49. The Kier molecular flexibility index (Phi) is 4.98. The number of ether oxygens (including phenoxy) is 1. The first-order chi connectivity index (χ1) is 6.36. The molecule has 1 heterocycles. The number of aliphatic imine (C=N–C) groups is 1. The van der Waals surface area contributed by atoms with E-state index in [9.17, 15) is 0 Å². The van der Waals surface area contributed by atoms with Gasteiger partial charge in [-0.05, 0) is 0 Å². The average Bonchev–Trinajstić information content (AvgIpc) is 2.19. The molecule has 0 amide bonds. The molecule has 0 unspecified atom stereocenters. The monoisotopic (exact) mass is 219 g/mol. The molecule has 0 N–H and O–H groups in total. The van der Waals surface area contributed by atoms with E-state index in [4.69, 9.17) is 21.6 Å². The Labute approximate surface area is 84.7 Å². The van der Waals surface area contributed by atoms with E-state index in [1.165, 1.54) is 0 Å². The number of halogens is 1. The van der Waals surface area contributed by atoms with Gasteiger partial charge in [-0.15, -0.1) is 11.6 Å². The van der Waals surface area contributed by atoms with Gasteiger partial charge in [0.25, 0.3) is 0 Å². The van der Waals surface area contributed by atoms with Crippen molar-refractivity contribution in [3.8, 4) is 6.19 Å². The zero-order valence-corrected chi connectivity index (χ0v) is 8.64. The van der Waals surface area contributed by atoms with Gasteiger partial charge in [-0.25, -0.2) is 4.36 Å². The highest BCUT2D eigenvalue weighted by atomic mass is 35.5. The lowest BCUT2D eigenvalue weighted by molar-refractivity contribution is 0.160. The highest BCUT2D eigenvalue weighted by Crippen LogP contribution is 2.00. The lowest BCUT2D eigenvalue weighted by Gasteiger charge is -2.14. The maximum atomic E-state index is 8.32. The molecular formula is C7H10ClN3OS. The zero-order chi connectivity index (χ0) is 9.52. The molecule has 0 aliphatic carbocycles. The van der Waals surface area contributed by atoms with Crippen LogP contribution in [0.3, 0.4) is 0 Å². The van der Waals surface area contributed by atoms with Crippen LogP contribution in [0.15, 0.2) is 9.36 Å². The second-order valence-electron chi connectivity index (χ2n) is 2.34. The molecule has 1 aliphatic heterocycles. The van der Waals surface area contributed by atoms with E-state index >= 15 is 0 Å². The molecule has 13 heavy (non-hydrogen) atoms. The average molecular weight is 220 g/mol. The van der Waals surface area contributed by atoms with Crippen molar-refractivity contribution in [1.82, 2.24) is 0 Å². The lowest BCUT2D eigenvalue weighted by Crippen LogP contribution is -2.21. The predicted molar refractivity (Wildman–Crippen MR) is 54.1 cm³/mol. The molecule has 6 heteroatoms. The van der Waals surface area contributed by atoms with E-state index in [-0.39, 0.29) is 16.6 Å². The minimum Gasteiger partial charge on any atom is -0.380 e. The molecule has 0 bridgehead atoms. The maximum absolute atomic E-state index is 8.32. The van der Waals surface area contributed by atoms with Gasteiger partial charge in [0.1, 0.15) is 0 Å². The smallest absolute Gasteiger partial charge is 0.207 e. The summed E-state index contributed by atoms with van der Waals surface area (Å²) in [6, 6.07) is 0. The van der Waals surface area contributed by atoms with Crippen molar-refractivity contribution in [2.24, 2.45) is 9.36 Å². The first-order valence-electron chi connectivity index (χ1n) is 3.85. The van der Waals surface area contributed by atoms with E-state index in [1.54, 1.807) is 6.19 Å². The number of nitrogens with zero attached hydrogens (tertiary/aromatic N) is 3. The Bertz CT molecular complexity index is 263. The summed E-state index contributed by atoms with van der Waals surface area (Å²) in [5.41, 5.74) is 0. The standard InChI is InChI=1S/C7H10ClN3OS/c8-5-7(10-6-9)11-13-3-1-12-2-4-13/h1-5H2. The SMILES string of the molecule is N#CN=C(CCl)N=S1CCOCC1. The topological polar surface area (TPSA) is 57.7 Å². The minimum atomic E-state index is -0.0424. The van der Waals surface area contributed by atoms with Gasteiger partial charge in [0.05, 0.1) is 19.1 Å². The first kappa shape index (κ1) is 10.6. The van der Waals surface area contributed by atoms with Crippen molar-refractivity contribution in [1.29, 1.82) is 5.26 Å². The molecule has 1 fully saturated rings. The van der Waals surface area contributed by atoms with Crippen LogP contribution in [0.5, 0.6) is 0 Å². The van der Waals surface area contributed by atoms with Crippen molar-refractivity contribution >= 4 is 28.1 Å². The highest BCUT2D eigenvalue weighted by molar-refractivity contribution is 7.87. The van der Waals surface area contributed by atoms with E-state index < -0.39 is 0 Å². The highest BCUT2D eigenvalue weighted by Gasteiger charge is 2.06. The Morgan fingerprint density at radius 1 is 1.54 bits per heavy atom. The van der Waals surface area contributed by atoms with Crippen LogP contribution < -0.4 is 0 Å². The number of nitriles is 1. The summed E-state index contributed by atoms with van der Waals surface area (Å²) in [5, 5.41) is 8.32. The molecule has 0 aromatic rings. The van der Waals surface area contributed by atoms with Gasteiger partial charge < -0.3 is 4.74 Å². The molecular weight excluding hydrogens is 210 g/mol. The summed E-state index contributed by atoms with van der Waals surface area (Å²) in [6.45, 7) is 1.49. The van der Waals surface area contributed by atoms with E-state index in [1.807, 2.05) is 0 Å². The van der Waals surface area contributed by atoms with Gasteiger partial charge in [-0.3, -0.25) is 0 Å². The second kappa shape index (κ2) is 6.08. The molecule has 1 aliphatic rings. The van der Waals surface area contributed by atoms with E-state index in [2.05, 4.69) is 9.36 Å². The van der Waals surface area contributed by atoms with Gasteiger partial charge in [0.2, 0.25) is 6.19 Å². The van der Waals surface area contributed by atoms with Gasteiger partial charge in [-0.1, -0.05) is 10.7 Å². The normalized spacial score (nSPS) is 19.5. The molecule has 0 saturated carbocycles. The molecule has 0 aromatic carbocycles. The van der Waals surface area contributed by atoms with Crippen LogP contribution in [-0.2, 0) is 15.4 Å². The fraction of sp³-hybridized carbons (Fsp3) is 0.714. The number of alkyl halides is 1. The zero-order valence-electron chi connectivity index (χ0n) is 7.07. The summed E-state index contributed by atoms with van der Waals surface area (Å²) >= 11 is 5.56. The van der Waals surface area contributed by atoms with E-state index in [0.717, 1.165) is 24.7 Å². The fourth-order valence-electron chi connectivity index (χ4n) is 0.887. The summed E-state index contributed by atoms with van der Waals surface area (Å²) < 4.78 is 9.47. The lowest BCUT2D eigenvalue weighted by atomic mass is 10.7. The van der Waals surface area contributed by atoms with Crippen molar-refractivity contribution in [3.63, 3.8) is 0 Å². The van der Waals surface area contributed by atoms with Crippen molar-refractivity contribution in [3.05, 3.63) is 0 Å². The third-order valence-electron chi connectivity index (χ3n) is 1.46. The van der Waals surface area contributed by atoms with Crippen LogP contribution in [0.4, 0.5) is 0 Å². The second-order valence-corrected chi connectivity index (χ2v) is 4.53. The number of hydrogen-bond donors (Lipinski definition) is 0. The third-order valence-corrected chi connectivity index (χ3v) is 3.44. The summed E-state index contributed by atoms with van der Waals surface area (Å²) in [4.78, 5) is 3.53. The minimum absolute atomic E-state index is 0.0424. The number of hydrogen-bond acceptors (Lipinski definition) is 3. The Morgan fingerprint density at radius 3 is 2.77 bits per heavy atom. The van der Waals surface area contributed by atoms with Crippen LogP contribution in [0.2, 0.25) is 0 Å². The van der Waals surface area contributed by atoms with Crippen LogP contribution in [0.1, 0.15) is 0 Å². The van der Waals surface area contributed by atoms with Gasteiger partial charge >= 0.3 is 0 Å². The Morgan fingerprint density at radius 2 is 2.23 bits per heavy atom. The predicted octanol–water partition coefficient (Wildman–Crippen LogP) is 0.937. The molecule has 0 spiro atoms. The van der Waals surface area contributed by atoms with Crippen molar-refractivity contribution in [2.75, 3.05) is 30.6 Å². The number of rotatable bonds is 1. The van der Waals surface area contributed by atoms with Crippen molar-refractivity contribution in [2.45, 2.75) is 0 Å². The molecule has 0 atom stereocenters. The Hall–Kier alpha value is -0.440. The molecule has 0 radical (unpaired) electrons. The van der Waals surface area contributed by atoms with Gasteiger partial charge in [0, 0.05) is 11.5 Å². The summed E-state index contributed by atoms with van der Waals surface area (Å²) in [7, 11) is -0.0424. The van der Waals surface area contributed by atoms with Crippen molar-refractivity contribution < 1.29 is 4.74 Å². The van der Waals surface area contributed by atoms with E-state index in [0.29, 0.717) is 5.84 Å². The maximum Gasteiger partial charge on any atom is 0.207 e. The molecule has 1 saturated heterocycles. The van der Waals surface area contributed by atoms with Crippen LogP contribution in [0, 0.1) is 11.5 Å². The summed E-state index contributed by atoms with van der Waals surface area (Å²) in [6.07, 6.45) is 1.69. The Balaban J connectivity index is 2.61. The summed E-state index contributed by atoms with van der Waals surface area (Å²) in [5.74, 6) is 2.48. The quantitative estimate of drug-likeness (QED) is 0.285. The van der Waals surface area contributed by atoms with Gasteiger partial charge in [-0.2, -0.15) is 10.3 Å². The largest absolute Gasteiger partial charge is 0.380 e. The molecule has 1 rings (SSSR count). The molecule has 0 aromatic heterocycles.